The van der Waals surface area contributed by atoms with Crippen LogP contribution in [0.3, 0.4) is 0 Å². The van der Waals surface area contributed by atoms with E-state index in [0.29, 0.717) is 17.4 Å². The highest BCUT2D eigenvalue weighted by Gasteiger charge is 2.27. The Hall–Kier alpha value is -1.02. The first-order valence-corrected chi connectivity index (χ1v) is 23.7. The van der Waals surface area contributed by atoms with Gasteiger partial charge in [0.1, 0.15) is 13.2 Å². The van der Waals surface area contributed by atoms with Crippen molar-refractivity contribution in [1.29, 1.82) is 0 Å². The Morgan fingerprint density at radius 2 is 1.06 bits per heavy atom. The van der Waals surface area contributed by atoms with E-state index >= 15 is 0 Å². The first-order valence-electron chi connectivity index (χ1n) is 22.2. The van der Waals surface area contributed by atoms with Crippen LogP contribution >= 0.6 is 7.82 Å². The van der Waals surface area contributed by atoms with Gasteiger partial charge in [-0.2, -0.15) is 0 Å². The Bertz CT molecular complexity index is 922. The SMILES string of the molecule is CCC/C=C\CCCCCCCC(=O)NC(COP(=O)(O)OCC[N+](C)(C)C)C(O)/C=C/CCCCCCCCCCCCCCCCCCCCC. The molecule has 0 aromatic heterocycles. The molecule has 0 heterocycles. The van der Waals surface area contributed by atoms with Crippen LogP contribution in [0.5, 0.6) is 0 Å². The summed E-state index contributed by atoms with van der Waals surface area (Å²) in [6.45, 7) is 4.75. The molecule has 3 atom stereocenters. The summed E-state index contributed by atoms with van der Waals surface area (Å²) in [5.74, 6) is -0.189. The molecule has 0 aliphatic rings. The van der Waals surface area contributed by atoms with Gasteiger partial charge in [0.05, 0.1) is 39.9 Å². The number of carbonyl (C=O) groups is 1. The van der Waals surface area contributed by atoms with Crippen LogP contribution in [-0.4, -0.2) is 73.4 Å². The number of allylic oxidation sites excluding steroid dienone is 3. The molecule has 1 amide bonds. The van der Waals surface area contributed by atoms with Crippen molar-refractivity contribution in [3.05, 3.63) is 24.3 Å². The average Bonchev–Trinajstić information content (AvgIpc) is 3.10. The molecule has 0 aliphatic heterocycles. The molecule has 3 unspecified atom stereocenters. The van der Waals surface area contributed by atoms with Crippen LogP contribution in [0, 0.1) is 0 Å². The molecule has 0 aliphatic carbocycles. The largest absolute Gasteiger partial charge is 0.472 e. The number of aliphatic hydroxyl groups excluding tert-OH is 1. The first kappa shape index (κ1) is 52.0. The van der Waals surface area contributed by atoms with Crippen LogP contribution in [-0.2, 0) is 18.4 Å². The Morgan fingerprint density at radius 1 is 0.623 bits per heavy atom. The smallest absolute Gasteiger partial charge is 0.387 e. The van der Waals surface area contributed by atoms with E-state index in [1.807, 2.05) is 27.2 Å². The Balaban J connectivity index is 4.32. The fourth-order valence-corrected chi connectivity index (χ4v) is 7.07. The summed E-state index contributed by atoms with van der Waals surface area (Å²) in [6, 6.07) is -0.846. The molecular weight excluding hydrogens is 683 g/mol. The standard InChI is InChI=1S/C44H87N2O6P/c1-6-8-10-12-14-16-18-19-20-21-22-23-24-25-26-27-28-29-31-33-35-37-43(47)42(41-52-53(49,50)51-40-39-46(3,4)5)45-44(48)38-36-34-32-30-17-15-13-11-9-7-2/h11,13,35,37,42-43,47H,6-10,12,14-34,36,38-41H2,1-5H3,(H-,45,48,49,50)/p+1/b13-11-,37-35+. The summed E-state index contributed by atoms with van der Waals surface area (Å²) in [5.41, 5.74) is 0. The minimum Gasteiger partial charge on any atom is -0.387 e. The first-order chi connectivity index (χ1) is 25.5. The maximum Gasteiger partial charge on any atom is 0.472 e. The number of rotatable bonds is 40. The van der Waals surface area contributed by atoms with E-state index in [0.717, 1.165) is 57.8 Å². The molecule has 0 saturated carbocycles. The van der Waals surface area contributed by atoms with Crippen molar-refractivity contribution >= 4 is 13.7 Å². The average molecular weight is 772 g/mol. The van der Waals surface area contributed by atoms with Crippen molar-refractivity contribution < 1.29 is 32.9 Å². The second-order valence-corrected chi connectivity index (χ2v) is 17.9. The molecule has 0 spiro atoms. The normalized spacial score (nSPS) is 14.6. The van der Waals surface area contributed by atoms with Gasteiger partial charge in [0.25, 0.3) is 0 Å². The van der Waals surface area contributed by atoms with E-state index in [1.54, 1.807) is 6.08 Å². The summed E-state index contributed by atoms with van der Waals surface area (Å²) in [6.07, 6.45) is 42.6. The fourth-order valence-electron chi connectivity index (χ4n) is 6.34. The highest BCUT2D eigenvalue weighted by atomic mass is 31.2. The molecule has 0 fully saturated rings. The number of hydrogen-bond acceptors (Lipinski definition) is 5. The Kier molecular flexibility index (Phi) is 35.9. The van der Waals surface area contributed by atoms with Crippen LogP contribution < -0.4 is 5.32 Å². The number of hydrogen-bond donors (Lipinski definition) is 3. The number of likely N-dealkylation sites (N-methyl/N-ethyl adjacent to an activating group) is 1. The quantitative estimate of drug-likeness (QED) is 0.0248. The Morgan fingerprint density at radius 3 is 1.53 bits per heavy atom. The van der Waals surface area contributed by atoms with Crippen LogP contribution in [0.15, 0.2) is 24.3 Å². The molecule has 0 aromatic rings. The number of phosphoric acid groups is 1. The molecule has 0 bridgehead atoms. The highest BCUT2D eigenvalue weighted by molar-refractivity contribution is 7.47. The second-order valence-electron chi connectivity index (χ2n) is 16.4. The van der Waals surface area contributed by atoms with Crippen LogP contribution in [0.25, 0.3) is 0 Å². The number of nitrogens with zero attached hydrogens (tertiary/aromatic N) is 1. The lowest BCUT2D eigenvalue weighted by atomic mass is 10.0. The predicted octanol–water partition coefficient (Wildman–Crippen LogP) is 12.1. The maximum atomic E-state index is 12.8. The van der Waals surface area contributed by atoms with Crippen molar-refractivity contribution in [2.75, 3.05) is 40.9 Å². The van der Waals surface area contributed by atoms with E-state index in [2.05, 4.69) is 31.3 Å². The summed E-state index contributed by atoms with van der Waals surface area (Å²) in [5, 5.41) is 13.8. The Labute approximate surface area is 328 Å². The number of phosphoric ester groups is 1. The molecule has 0 aromatic carbocycles. The zero-order valence-corrected chi connectivity index (χ0v) is 36.4. The van der Waals surface area contributed by atoms with Crippen LogP contribution in [0.2, 0.25) is 0 Å². The summed E-state index contributed by atoms with van der Waals surface area (Å²) >= 11 is 0. The summed E-state index contributed by atoms with van der Waals surface area (Å²) < 4.78 is 23.5. The van der Waals surface area contributed by atoms with Crippen molar-refractivity contribution in [3.63, 3.8) is 0 Å². The summed E-state index contributed by atoms with van der Waals surface area (Å²) in [7, 11) is 1.57. The minimum absolute atomic E-state index is 0.0607. The number of aliphatic hydroxyl groups is 1. The van der Waals surface area contributed by atoms with Crippen LogP contribution in [0.4, 0.5) is 0 Å². The van der Waals surface area contributed by atoms with Crippen molar-refractivity contribution in [2.45, 2.75) is 212 Å². The third-order valence-corrected chi connectivity index (χ3v) is 10.9. The van der Waals surface area contributed by atoms with Gasteiger partial charge in [-0.1, -0.05) is 179 Å². The van der Waals surface area contributed by atoms with Gasteiger partial charge in [0.15, 0.2) is 0 Å². The van der Waals surface area contributed by atoms with Gasteiger partial charge in [-0.15, -0.1) is 0 Å². The van der Waals surface area contributed by atoms with Crippen molar-refractivity contribution in [1.82, 2.24) is 5.32 Å². The third kappa shape index (κ3) is 39.0. The van der Waals surface area contributed by atoms with E-state index in [1.165, 1.54) is 122 Å². The molecular formula is C44H88N2O6P+. The molecule has 0 radical (unpaired) electrons. The van der Waals surface area contributed by atoms with Crippen molar-refractivity contribution in [3.8, 4) is 0 Å². The highest BCUT2D eigenvalue weighted by Crippen LogP contribution is 2.43. The number of amides is 1. The predicted molar refractivity (Wildman–Crippen MR) is 226 cm³/mol. The molecule has 3 N–H and O–H groups in total. The lowest BCUT2D eigenvalue weighted by molar-refractivity contribution is -0.870. The maximum absolute atomic E-state index is 12.8. The van der Waals surface area contributed by atoms with Gasteiger partial charge in [-0.3, -0.25) is 13.8 Å². The number of quaternary nitrogens is 1. The van der Waals surface area contributed by atoms with Gasteiger partial charge in [-0.05, 0) is 38.5 Å². The fraction of sp³-hybridized carbons (Fsp3) is 0.886. The summed E-state index contributed by atoms with van der Waals surface area (Å²) in [4.78, 5) is 23.0. The monoisotopic (exact) mass is 772 g/mol. The van der Waals surface area contributed by atoms with Gasteiger partial charge in [0.2, 0.25) is 5.91 Å². The van der Waals surface area contributed by atoms with Crippen LogP contribution in [0.1, 0.15) is 200 Å². The number of nitrogens with one attached hydrogen (secondary N) is 1. The molecule has 0 rings (SSSR count). The molecule has 314 valence electrons. The van der Waals surface area contributed by atoms with Gasteiger partial charge in [0, 0.05) is 6.42 Å². The lowest BCUT2D eigenvalue weighted by Gasteiger charge is -2.25. The van der Waals surface area contributed by atoms with E-state index < -0.39 is 20.0 Å². The molecule has 53 heavy (non-hydrogen) atoms. The number of carbonyl (C=O) groups excluding carboxylic acids is 1. The zero-order chi connectivity index (χ0) is 39.3. The minimum atomic E-state index is -4.33. The third-order valence-electron chi connectivity index (χ3n) is 9.90. The molecule has 9 heteroatoms. The van der Waals surface area contributed by atoms with Gasteiger partial charge >= 0.3 is 7.82 Å². The second kappa shape index (κ2) is 36.6. The number of unbranched alkanes of at least 4 members (excludes halogenated alkanes) is 25. The van der Waals surface area contributed by atoms with E-state index in [4.69, 9.17) is 9.05 Å². The molecule has 8 nitrogen and oxygen atoms in total. The van der Waals surface area contributed by atoms with Gasteiger partial charge in [-0.25, -0.2) is 4.57 Å². The van der Waals surface area contributed by atoms with Crippen molar-refractivity contribution in [2.24, 2.45) is 0 Å². The molecule has 0 saturated heterocycles. The lowest BCUT2D eigenvalue weighted by Crippen LogP contribution is -2.45. The topological polar surface area (TPSA) is 105 Å². The zero-order valence-electron chi connectivity index (χ0n) is 35.5. The van der Waals surface area contributed by atoms with Gasteiger partial charge < -0.3 is 19.8 Å². The van der Waals surface area contributed by atoms with E-state index in [9.17, 15) is 19.4 Å². The van der Waals surface area contributed by atoms with E-state index in [-0.39, 0.29) is 19.1 Å².